The van der Waals surface area contributed by atoms with Crippen LogP contribution in [-0.2, 0) is 16.6 Å². The number of hydrogen-bond donors (Lipinski definition) is 2. The second-order valence-corrected chi connectivity index (χ2v) is 8.22. The van der Waals surface area contributed by atoms with E-state index >= 15 is 0 Å². The second kappa shape index (κ2) is 7.51. The van der Waals surface area contributed by atoms with Crippen LogP contribution in [0.1, 0.15) is 12.0 Å². The first-order chi connectivity index (χ1) is 12.4. The number of carbonyl (C=O) groups excluding carboxylic acids is 1. The second-order valence-electron chi connectivity index (χ2n) is 5.80. The van der Waals surface area contributed by atoms with Crippen LogP contribution in [0, 0.1) is 5.82 Å². The molecule has 0 radical (unpaired) electrons. The standard InChI is InChI=1S/C17H17ClFN3O3S/c18-14-5-2-1-4-12(14)11-20-17(23)21-16-10-13(6-7-15(16)19)22-8-3-9-26(22,24)25/h1-2,4-7,10H,3,8-9,11H2,(H2,20,21,23). The zero-order chi connectivity index (χ0) is 18.7. The van der Waals surface area contributed by atoms with Crippen LogP contribution in [0.25, 0.3) is 0 Å². The highest BCUT2D eigenvalue weighted by Crippen LogP contribution is 2.28. The van der Waals surface area contributed by atoms with Gasteiger partial charge in [0.15, 0.2) is 0 Å². The van der Waals surface area contributed by atoms with Gasteiger partial charge in [0.05, 0.1) is 17.1 Å². The quantitative estimate of drug-likeness (QED) is 0.830. The van der Waals surface area contributed by atoms with E-state index in [1.165, 1.54) is 16.4 Å². The summed E-state index contributed by atoms with van der Waals surface area (Å²) in [6.45, 7) is 0.513. The monoisotopic (exact) mass is 397 g/mol. The summed E-state index contributed by atoms with van der Waals surface area (Å²) in [5.74, 6) is -0.593. The number of halogens is 2. The summed E-state index contributed by atoms with van der Waals surface area (Å²) in [4.78, 5) is 12.0. The van der Waals surface area contributed by atoms with Crippen molar-refractivity contribution >= 4 is 39.0 Å². The normalized spacial score (nSPS) is 15.7. The summed E-state index contributed by atoms with van der Waals surface area (Å²) in [7, 11) is -3.38. The third kappa shape index (κ3) is 4.08. The van der Waals surface area contributed by atoms with Gasteiger partial charge in [-0.3, -0.25) is 4.31 Å². The largest absolute Gasteiger partial charge is 0.334 e. The van der Waals surface area contributed by atoms with Gasteiger partial charge in [-0.05, 0) is 36.2 Å². The van der Waals surface area contributed by atoms with Gasteiger partial charge < -0.3 is 10.6 Å². The molecule has 0 unspecified atom stereocenters. The fourth-order valence-corrected chi connectivity index (χ4v) is 4.44. The molecule has 1 fully saturated rings. The summed E-state index contributed by atoms with van der Waals surface area (Å²) < 4.78 is 39.2. The van der Waals surface area contributed by atoms with Crippen molar-refractivity contribution in [2.75, 3.05) is 21.9 Å². The van der Waals surface area contributed by atoms with Crippen molar-refractivity contribution in [3.8, 4) is 0 Å². The average Bonchev–Trinajstić information content (AvgIpc) is 2.95. The number of nitrogens with one attached hydrogen (secondary N) is 2. The van der Waals surface area contributed by atoms with Gasteiger partial charge >= 0.3 is 6.03 Å². The van der Waals surface area contributed by atoms with Crippen molar-refractivity contribution < 1.29 is 17.6 Å². The van der Waals surface area contributed by atoms with Gasteiger partial charge in [0.25, 0.3) is 0 Å². The van der Waals surface area contributed by atoms with Crippen molar-refractivity contribution in [1.29, 1.82) is 0 Å². The molecule has 1 heterocycles. The predicted octanol–water partition coefficient (Wildman–Crippen LogP) is 3.34. The molecule has 0 saturated carbocycles. The predicted molar refractivity (Wildman–Crippen MR) is 99.5 cm³/mol. The molecule has 9 heteroatoms. The summed E-state index contributed by atoms with van der Waals surface area (Å²) in [6, 6.07) is 10.2. The van der Waals surface area contributed by atoms with Gasteiger partial charge in [0, 0.05) is 18.1 Å². The van der Waals surface area contributed by atoms with Crippen LogP contribution in [0.4, 0.5) is 20.6 Å². The molecule has 2 aromatic rings. The molecule has 0 aliphatic carbocycles. The molecular weight excluding hydrogens is 381 g/mol. The number of anilines is 2. The molecule has 0 aromatic heterocycles. The van der Waals surface area contributed by atoms with E-state index in [2.05, 4.69) is 10.6 Å². The van der Waals surface area contributed by atoms with Crippen molar-refractivity contribution in [1.82, 2.24) is 5.32 Å². The first-order valence-electron chi connectivity index (χ1n) is 7.95. The Morgan fingerprint density at radius 3 is 2.69 bits per heavy atom. The highest BCUT2D eigenvalue weighted by molar-refractivity contribution is 7.93. The van der Waals surface area contributed by atoms with Crippen LogP contribution in [0.15, 0.2) is 42.5 Å². The molecule has 1 aliphatic heterocycles. The molecule has 3 rings (SSSR count). The van der Waals surface area contributed by atoms with Gasteiger partial charge in [-0.25, -0.2) is 17.6 Å². The number of hydrogen-bond acceptors (Lipinski definition) is 3. The smallest absolute Gasteiger partial charge is 0.319 e. The molecule has 2 N–H and O–H groups in total. The Balaban J connectivity index is 1.70. The lowest BCUT2D eigenvalue weighted by Crippen LogP contribution is -2.29. The minimum atomic E-state index is -3.38. The van der Waals surface area contributed by atoms with E-state index in [-0.39, 0.29) is 18.0 Å². The molecule has 0 spiro atoms. The highest BCUT2D eigenvalue weighted by Gasteiger charge is 2.28. The lowest BCUT2D eigenvalue weighted by Gasteiger charge is -2.18. The molecule has 6 nitrogen and oxygen atoms in total. The average molecular weight is 398 g/mol. The van der Waals surface area contributed by atoms with Crippen LogP contribution in [0.5, 0.6) is 0 Å². The Morgan fingerprint density at radius 1 is 1.23 bits per heavy atom. The number of rotatable bonds is 4. The molecule has 2 aromatic carbocycles. The number of amides is 2. The number of urea groups is 1. The van der Waals surface area contributed by atoms with E-state index < -0.39 is 21.9 Å². The Bertz CT molecular complexity index is 937. The zero-order valence-corrected chi connectivity index (χ0v) is 15.3. The minimum absolute atomic E-state index is 0.0610. The number of nitrogens with zero attached hydrogens (tertiary/aromatic N) is 1. The Labute approximate surface area is 156 Å². The van der Waals surface area contributed by atoms with Gasteiger partial charge in [0.1, 0.15) is 5.82 Å². The molecule has 2 amide bonds. The third-order valence-corrected chi connectivity index (χ3v) is 6.22. The minimum Gasteiger partial charge on any atom is -0.334 e. The molecule has 1 saturated heterocycles. The summed E-state index contributed by atoms with van der Waals surface area (Å²) in [6.07, 6.45) is 0.515. The number of benzene rings is 2. The third-order valence-electron chi connectivity index (χ3n) is 3.98. The molecule has 0 atom stereocenters. The van der Waals surface area contributed by atoms with Crippen molar-refractivity contribution in [2.45, 2.75) is 13.0 Å². The summed E-state index contributed by atoms with van der Waals surface area (Å²) in [5.41, 5.74) is 0.952. The van der Waals surface area contributed by atoms with E-state index in [1.807, 2.05) is 0 Å². The summed E-state index contributed by atoms with van der Waals surface area (Å²) in [5, 5.41) is 5.50. The van der Waals surface area contributed by atoms with Crippen molar-refractivity contribution in [2.24, 2.45) is 0 Å². The molecule has 1 aliphatic rings. The fourth-order valence-electron chi connectivity index (χ4n) is 2.68. The number of sulfonamides is 1. The van der Waals surface area contributed by atoms with Crippen LogP contribution < -0.4 is 14.9 Å². The SMILES string of the molecule is O=C(NCc1ccccc1Cl)Nc1cc(N2CCCS2(=O)=O)ccc1F. The highest BCUT2D eigenvalue weighted by atomic mass is 35.5. The van der Waals surface area contributed by atoms with E-state index in [9.17, 15) is 17.6 Å². The van der Waals surface area contributed by atoms with E-state index in [1.54, 1.807) is 24.3 Å². The van der Waals surface area contributed by atoms with E-state index in [4.69, 9.17) is 11.6 Å². The fraction of sp³-hybridized carbons (Fsp3) is 0.235. The first-order valence-corrected chi connectivity index (χ1v) is 9.94. The lowest BCUT2D eigenvalue weighted by molar-refractivity contribution is 0.251. The van der Waals surface area contributed by atoms with Crippen LogP contribution in [0.3, 0.4) is 0 Å². The van der Waals surface area contributed by atoms with Crippen LogP contribution in [0.2, 0.25) is 5.02 Å². The van der Waals surface area contributed by atoms with Crippen molar-refractivity contribution in [3.05, 3.63) is 58.9 Å². The Kier molecular flexibility index (Phi) is 5.33. The first kappa shape index (κ1) is 18.5. The van der Waals surface area contributed by atoms with E-state index in [0.717, 1.165) is 11.6 Å². The van der Waals surface area contributed by atoms with E-state index in [0.29, 0.717) is 23.7 Å². The maximum atomic E-state index is 14.0. The topological polar surface area (TPSA) is 78.5 Å². The molecule has 138 valence electrons. The van der Waals surface area contributed by atoms with Crippen LogP contribution >= 0.6 is 11.6 Å². The van der Waals surface area contributed by atoms with Gasteiger partial charge in [-0.15, -0.1) is 0 Å². The molecule has 26 heavy (non-hydrogen) atoms. The number of carbonyl (C=O) groups is 1. The molecule has 0 bridgehead atoms. The van der Waals surface area contributed by atoms with Gasteiger partial charge in [0.2, 0.25) is 10.0 Å². The summed E-state index contributed by atoms with van der Waals surface area (Å²) >= 11 is 6.02. The van der Waals surface area contributed by atoms with Crippen molar-refractivity contribution in [3.63, 3.8) is 0 Å². The maximum absolute atomic E-state index is 14.0. The molecular formula is C17H17ClFN3O3S. The maximum Gasteiger partial charge on any atom is 0.319 e. The van der Waals surface area contributed by atoms with Gasteiger partial charge in [-0.2, -0.15) is 0 Å². The lowest BCUT2D eigenvalue weighted by atomic mass is 10.2. The Hall–Kier alpha value is -2.32. The Morgan fingerprint density at radius 2 is 2.00 bits per heavy atom. The van der Waals surface area contributed by atoms with Gasteiger partial charge in [-0.1, -0.05) is 29.8 Å². The van der Waals surface area contributed by atoms with Crippen LogP contribution in [-0.4, -0.2) is 26.7 Å². The zero-order valence-electron chi connectivity index (χ0n) is 13.7.